The van der Waals surface area contributed by atoms with Gasteiger partial charge in [-0.1, -0.05) is 58.3 Å². The Morgan fingerprint density at radius 2 is 0.909 bits per heavy atom. The summed E-state index contributed by atoms with van der Waals surface area (Å²) >= 11 is 0. The van der Waals surface area contributed by atoms with E-state index in [4.69, 9.17) is 10.2 Å². The van der Waals surface area contributed by atoms with E-state index >= 15 is 0 Å². The Kier molecular flexibility index (Phi) is 13.6. The van der Waals surface area contributed by atoms with Crippen molar-refractivity contribution in [3.05, 3.63) is 0 Å². The third-order valence-electron chi connectivity index (χ3n) is 5.42. The molecule has 33 heavy (non-hydrogen) atoms. The van der Waals surface area contributed by atoms with Crippen LogP contribution in [0, 0.1) is 0 Å². The van der Waals surface area contributed by atoms with Gasteiger partial charge in [0.05, 0.1) is 0 Å². The van der Waals surface area contributed by atoms with Crippen LogP contribution in [0.1, 0.15) is 71.1 Å². The average Bonchev–Trinajstić information content (AvgIpc) is 2.65. The predicted molar refractivity (Wildman–Crippen MR) is 99.9 cm³/mol. The zero-order valence-electron chi connectivity index (χ0n) is 18.8. The van der Waals surface area contributed by atoms with Crippen LogP contribution in [0.2, 0.25) is 0 Å². The second-order valence-electron chi connectivity index (χ2n) is 8.04. The van der Waals surface area contributed by atoms with E-state index in [9.17, 15) is 61.0 Å². The van der Waals surface area contributed by atoms with Crippen LogP contribution in [-0.2, 0) is 4.79 Å². The molecular formula is C18H35NaO14. The third-order valence-corrected chi connectivity index (χ3v) is 5.42. The van der Waals surface area contributed by atoms with Crippen molar-refractivity contribution in [3.63, 3.8) is 0 Å². The number of carboxylic acid groups (broad SMARTS) is 1. The predicted octanol–water partition coefficient (Wildman–Crippen LogP) is -8.25. The van der Waals surface area contributed by atoms with E-state index in [-0.39, 0.29) is 36.0 Å². The number of carbonyl (C=O) groups excluding carboxylic acids is 1. The standard InChI is InChI=1S/C18H36O14.Na/c1-2-3-4-5-6-7-8-9-10-11-13(21,22)15(25,26)17(29,30)18(31,32)16(27,28)14(23,24)12(19)20;/h21-32H,2-11H2,1H3,(H,19,20);/q;+1/p-1. The van der Waals surface area contributed by atoms with Crippen molar-refractivity contribution in [2.24, 2.45) is 0 Å². The Labute approximate surface area is 212 Å². The number of unbranched alkanes of at least 4 members (excludes halogenated alkanes) is 8. The summed E-state index contributed by atoms with van der Waals surface area (Å²) in [6.45, 7) is 2.07. The molecule has 192 valence electrons. The minimum absolute atomic E-state index is 0. The van der Waals surface area contributed by atoms with E-state index in [2.05, 4.69) is 6.92 Å². The number of rotatable bonds is 16. The Morgan fingerprint density at radius 3 is 1.27 bits per heavy atom. The molecule has 0 atom stereocenters. The van der Waals surface area contributed by atoms with Crippen molar-refractivity contribution in [3.8, 4) is 0 Å². The maximum Gasteiger partial charge on any atom is 1.00 e. The third kappa shape index (κ3) is 7.25. The Bertz CT molecular complexity index is 603. The molecule has 15 heteroatoms. The summed E-state index contributed by atoms with van der Waals surface area (Å²) < 4.78 is 0. The molecule has 0 aromatic carbocycles. The maximum atomic E-state index is 10.6. The van der Waals surface area contributed by atoms with Crippen LogP contribution in [0.3, 0.4) is 0 Å². The summed E-state index contributed by atoms with van der Waals surface area (Å²) in [5, 5.41) is 126. The van der Waals surface area contributed by atoms with Crippen molar-refractivity contribution in [2.75, 3.05) is 0 Å². The molecule has 0 amide bonds. The van der Waals surface area contributed by atoms with Gasteiger partial charge in [-0.15, -0.1) is 0 Å². The van der Waals surface area contributed by atoms with E-state index in [1.165, 1.54) is 0 Å². The van der Waals surface area contributed by atoms with Crippen LogP contribution in [0.5, 0.6) is 0 Å². The fourth-order valence-corrected chi connectivity index (χ4v) is 3.01. The Hall–Kier alpha value is -0.01000. The molecule has 0 aliphatic heterocycles. The van der Waals surface area contributed by atoms with Crippen molar-refractivity contribution in [1.82, 2.24) is 0 Å². The van der Waals surface area contributed by atoms with Crippen LogP contribution in [-0.4, -0.2) is 102 Å². The summed E-state index contributed by atoms with van der Waals surface area (Å²) in [6, 6.07) is 0. The van der Waals surface area contributed by atoms with Gasteiger partial charge in [0.2, 0.25) is 5.79 Å². The molecular weight excluding hydrogens is 463 g/mol. The van der Waals surface area contributed by atoms with Gasteiger partial charge in [-0.25, -0.2) is 0 Å². The molecule has 0 fully saturated rings. The molecule has 0 aromatic heterocycles. The number of hydrogen-bond donors (Lipinski definition) is 12. The minimum atomic E-state index is -5.33. The van der Waals surface area contributed by atoms with Crippen LogP contribution in [0.25, 0.3) is 0 Å². The molecule has 0 spiro atoms. The van der Waals surface area contributed by atoms with Gasteiger partial charge in [0, 0.05) is 6.42 Å². The van der Waals surface area contributed by atoms with Gasteiger partial charge < -0.3 is 71.2 Å². The van der Waals surface area contributed by atoms with Crippen LogP contribution in [0.4, 0.5) is 0 Å². The molecule has 0 aliphatic carbocycles. The fraction of sp³-hybridized carbons (Fsp3) is 0.944. The first-order valence-corrected chi connectivity index (χ1v) is 10.2. The molecule has 12 N–H and O–H groups in total. The van der Waals surface area contributed by atoms with E-state index in [0.717, 1.165) is 38.5 Å². The van der Waals surface area contributed by atoms with Crippen molar-refractivity contribution >= 4 is 5.97 Å². The van der Waals surface area contributed by atoms with Gasteiger partial charge in [0.25, 0.3) is 28.9 Å². The molecule has 14 nitrogen and oxygen atoms in total. The molecule has 0 aliphatic rings. The number of carboxylic acids is 1. The average molecular weight is 498 g/mol. The SMILES string of the molecule is CCCCCCCCCCCC(O)(O)C(O)(O)C(O)(O)C(O)(O)C(O)(O)C(O)(O)C(=O)[O-].[Na+]. The second kappa shape index (κ2) is 12.8. The summed E-state index contributed by atoms with van der Waals surface area (Å²) in [6.07, 6.45) is 5.70. The van der Waals surface area contributed by atoms with E-state index in [1.807, 2.05) is 0 Å². The molecule has 0 unspecified atom stereocenters. The summed E-state index contributed by atoms with van der Waals surface area (Å²) in [4.78, 5) is 10.6. The smallest absolute Gasteiger partial charge is 0.544 e. The first-order chi connectivity index (χ1) is 14.3. The first-order valence-electron chi connectivity index (χ1n) is 10.2. The minimum Gasteiger partial charge on any atom is -0.544 e. The molecule has 0 bridgehead atoms. The summed E-state index contributed by atoms with van der Waals surface area (Å²) in [5.41, 5.74) is 0. The van der Waals surface area contributed by atoms with Gasteiger partial charge in [0.1, 0.15) is 5.97 Å². The molecule has 0 heterocycles. The molecule has 0 saturated heterocycles. The van der Waals surface area contributed by atoms with Gasteiger partial charge in [-0.05, 0) is 6.42 Å². The second-order valence-corrected chi connectivity index (χ2v) is 8.04. The van der Waals surface area contributed by atoms with Crippen LogP contribution >= 0.6 is 0 Å². The Balaban J connectivity index is 0. The van der Waals surface area contributed by atoms with E-state index < -0.39 is 47.1 Å². The van der Waals surface area contributed by atoms with E-state index in [1.54, 1.807) is 0 Å². The maximum absolute atomic E-state index is 10.6. The Morgan fingerprint density at radius 1 is 0.576 bits per heavy atom. The monoisotopic (exact) mass is 498 g/mol. The van der Waals surface area contributed by atoms with Gasteiger partial charge in [-0.2, -0.15) is 0 Å². The van der Waals surface area contributed by atoms with E-state index in [0.29, 0.717) is 12.8 Å². The number of aliphatic hydroxyl groups is 12. The van der Waals surface area contributed by atoms with Crippen molar-refractivity contribution in [1.29, 1.82) is 0 Å². The van der Waals surface area contributed by atoms with Gasteiger partial charge >= 0.3 is 29.6 Å². The zero-order valence-corrected chi connectivity index (χ0v) is 20.8. The van der Waals surface area contributed by atoms with Crippen LogP contribution in [0.15, 0.2) is 0 Å². The topological polar surface area (TPSA) is 283 Å². The molecule has 0 rings (SSSR count). The first kappa shape index (κ1) is 35.2. The van der Waals surface area contributed by atoms with Gasteiger partial charge in [0.15, 0.2) is 0 Å². The largest absolute Gasteiger partial charge is 1.00 e. The molecule has 0 radical (unpaired) electrons. The van der Waals surface area contributed by atoms with Gasteiger partial charge in [-0.3, -0.25) is 0 Å². The fourth-order valence-electron chi connectivity index (χ4n) is 3.01. The van der Waals surface area contributed by atoms with Crippen molar-refractivity contribution < 1.29 is 101 Å². The molecule has 0 saturated carbocycles. The quantitative estimate of drug-likeness (QED) is 0.0535. The van der Waals surface area contributed by atoms with Crippen LogP contribution < -0.4 is 34.7 Å². The summed E-state index contributed by atoms with van der Waals surface area (Å²) in [7, 11) is 0. The number of hydrogen-bond acceptors (Lipinski definition) is 14. The molecule has 0 aromatic rings. The normalized spacial score (nSPS) is 14.2. The zero-order chi connectivity index (χ0) is 25.6. The van der Waals surface area contributed by atoms with Crippen molar-refractivity contribution in [2.45, 2.75) is 106 Å². The number of carbonyl (C=O) groups is 1. The summed E-state index contributed by atoms with van der Waals surface area (Å²) in [5.74, 6) is -32.7. The number of aliphatic carboxylic acids is 1.